The topological polar surface area (TPSA) is 73.9 Å². The number of carbonyl (C=O) groups excluding carboxylic acids is 2. The van der Waals surface area contributed by atoms with Crippen molar-refractivity contribution in [2.24, 2.45) is 0 Å². The van der Waals surface area contributed by atoms with Crippen molar-refractivity contribution in [3.63, 3.8) is 0 Å². The molecule has 1 N–H and O–H groups in total. The monoisotopic (exact) mass is 371 g/mol. The van der Waals surface area contributed by atoms with Gasteiger partial charge in [0.15, 0.2) is 18.1 Å². The lowest BCUT2D eigenvalue weighted by Crippen LogP contribution is -2.30. The third kappa shape index (κ3) is 6.66. The highest BCUT2D eigenvalue weighted by Crippen LogP contribution is 2.37. The molecular formula is C21H25NO5. The van der Waals surface area contributed by atoms with Gasteiger partial charge in [-0.1, -0.05) is 43.3 Å². The molecule has 0 aliphatic carbocycles. The molecule has 0 aromatic heterocycles. The van der Waals surface area contributed by atoms with Crippen molar-refractivity contribution in [3.8, 4) is 17.2 Å². The minimum absolute atomic E-state index is 0.180. The van der Waals surface area contributed by atoms with Gasteiger partial charge in [-0.25, -0.2) is 0 Å². The van der Waals surface area contributed by atoms with Crippen molar-refractivity contribution in [2.75, 3.05) is 19.8 Å². The number of ether oxygens (including phenoxy) is 3. The second kappa shape index (κ2) is 10.9. The smallest absolute Gasteiger partial charge is 0.311 e. The molecule has 2 aromatic carbocycles. The molecule has 0 bridgehead atoms. The summed E-state index contributed by atoms with van der Waals surface area (Å²) in [6, 6.07) is 14.9. The maximum absolute atomic E-state index is 12.0. The van der Waals surface area contributed by atoms with Crippen LogP contribution in [0.1, 0.15) is 25.8 Å². The molecule has 6 heteroatoms. The molecule has 0 saturated carbocycles. The molecule has 0 fully saturated rings. The molecule has 6 nitrogen and oxygen atoms in total. The number of esters is 1. The van der Waals surface area contributed by atoms with E-state index < -0.39 is 5.97 Å². The van der Waals surface area contributed by atoms with Gasteiger partial charge in [0.25, 0.3) is 5.91 Å². The Bertz CT molecular complexity index is 745. The van der Waals surface area contributed by atoms with Gasteiger partial charge in [-0.05, 0) is 31.0 Å². The minimum atomic E-state index is -0.403. The van der Waals surface area contributed by atoms with Crippen LogP contribution >= 0.6 is 0 Å². The van der Waals surface area contributed by atoms with Gasteiger partial charge in [-0.3, -0.25) is 9.59 Å². The van der Waals surface area contributed by atoms with Crippen LogP contribution in [0, 0.1) is 0 Å². The number of carbonyl (C=O) groups is 2. The predicted molar refractivity (Wildman–Crippen MR) is 102 cm³/mol. The first-order chi connectivity index (χ1) is 13.1. The number of benzene rings is 2. The molecule has 0 atom stereocenters. The molecule has 0 heterocycles. The highest BCUT2D eigenvalue weighted by molar-refractivity contribution is 5.78. The summed E-state index contributed by atoms with van der Waals surface area (Å²) >= 11 is 0. The third-order valence-electron chi connectivity index (χ3n) is 3.68. The van der Waals surface area contributed by atoms with Crippen molar-refractivity contribution >= 4 is 11.9 Å². The molecule has 0 aliphatic heterocycles. The van der Waals surface area contributed by atoms with E-state index in [0.717, 1.165) is 12.0 Å². The van der Waals surface area contributed by atoms with Crippen LogP contribution in [0.3, 0.4) is 0 Å². The van der Waals surface area contributed by atoms with Crippen LogP contribution in [0.2, 0.25) is 0 Å². The van der Waals surface area contributed by atoms with Crippen LogP contribution in [-0.4, -0.2) is 31.6 Å². The van der Waals surface area contributed by atoms with Crippen LogP contribution in [0.15, 0.2) is 48.5 Å². The minimum Gasteiger partial charge on any atom is -0.490 e. The maximum atomic E-state index is 12.0. The van der Waals surface area contributed by atoms with E-state index in [2.05, 4.69) is 5.32 Å². The summed E-state index contributed by atoms with van der Waals surface area (Å²) in [7, 11) is 0. The number of hydrogen-bond acceptors (Lipinski definition) is 5. The summed E-state index contributed by atoms with van der Waals surface area (Å²) in [5.41, 5.74) is 1.15. The van der Waals surface area contributed by atoms with Crippen LogP contribution in [0.5, 0.6) is 17.2 Å². The van der Waals surface area contributed by atoms with Gasteiger partial charge in [0.2, 0.25) is 5.75 Å². The Morgan fingerprint density at radius 3 is 2.30 bits per heavy atom. The number of amides is 1. The van der Waals surface area contributed by atoms with Crippen molar-refractivity contribution in [2.45, 2.75) is 26.7 Å². The number of para-hydroxylation sites is 1. The van der Waals surface area contributed by atoms with Crippen molar-refractivity contribution in [1.29, 1.82) is 0 Å². The number of hydrogen-bond donors (Lipinski definition) is 1. The zero-order valence-electron chi connectivity index (χ0n) is 15.7. The molecule has 0 spiro atoms. The second-order valence-electron chi connectivity index (χ2n) is 5.72. The first kappa shape index (κ1) is 20.3. The normalized spacial score (nSPS) is 10.1. The fraction of sp³-hybridized carbons (Fsp3) is 0.333. The van der Waals surface area contributed by atoms with E-state index in [9.17, 15) is 9.59 Å². The lowest BCUT2D eigenvalue weighted by Gasteiger charge is -2.15. The molecular weight excluding hydrogens is 346 g/mol. The highest BCUT2D eigenvalue weighted by atomic mass is 16.6. The van der Waals surface area contributed by atoms with E-state index in [1.54, 1.807) is 25.1 Å². The van der Waals surface area contributed by atoms with E-state index in [4.69, 9.17) is 14.2 Å². The Balaban J connectivity index is 1.92. The SMILES string of the molecule is CCOc1cccc(OCC(=O)NCCc2ccccc2)c1OC(=O)CC. The van der Waals surface area contributed by atoms with Gasteiger partial charge >= 0.3 is 5.97 Å². The zero-order valence-corrected chi connectivity index (χ0v) is 15.7. The summed E-state index contributed by atoms with van der Waals surface area (Å²) < 4.78 is 16.4. The fourth-order valence-corrected chi connectivity index (χ4v) is 2.35. The largest absolute Gasteiger partial charge is 0.490 e. The van der Waals surface area contributed by atoms with Crippen LogP contribution in [0.4, 0.5) is 0 Å². The van der Waals surface area contributed by atoms with E-state index in [1.165, 1.54) is 0 Å². The summed E-state index contributed by atoms with van der Waals surface area (Å²) in [6.07, 6.45) is 0.964. The fourth-order valence-electron chi connectivity index (χ4n) is 2.35. The van der Waals surface area contributed by atoms with Gasteiger partial charge in [0, 0.05) is 13.0 Å². The molecule has 0 saturated heterocycles. The van der Waals surface area contributed by atoms with Crippen molar-refractivity contribution in [3.05, 3.63) is 54.1 Å². The molecule has 2 aromatic rings. The Morgan fingerprint density at radius 1 is 0.926 bits per heavy atom. The molecule has 144 valence electrons. The van der Waals surface area contributed by atoms with Crippen molar-refractivity contribution in [1.82, 2.24) is 5.32 Å². The summed E-state index contributed by atoms with van der Waals surface area (Å²) in [5, 5.41) is 2.81. The van der Waals surface area contributed by atoms with Gasteiger partial charge in [0.05, 0.1) is 6.61 Å². The van der Waals surface area contributed by atoms with Gasteiger partial charge in [0.1, 0.15) is 0 Å². The van der Waals surface area contributed by atoms with E-state index in [-0.39, 0.29) is 24.7 Å². The third-order valence-corrected chi connectivity index (χ3v) is 3.68. The maximum Gasteiger partial charge on any atom is 0.311 e. The van der Waals surface area contributed by atoms with Crippen LogP contribution < -0.4 is 19.5 Å². The number of rotatable bonds is 10. The Labute approximate surface area is 159 Å². The van der Waals surface area contributed by atoms with Gasteiger partial charge in [-0.15, -0.1) is 0 Å². The average Bonchev–Trinajstić information content (AvgIpc) is 2.69. The predicted octanol–water partition coefficient (Wildman–Crippen LogP) is 3.14. The Morgan fingerprint density at radius 2 is 1.63 bits per heavy atom. The molecule has 2 rings (SSSR count). The summed E-state index contributed by atoms with van der Waals surface area (Å²) in [6.45, 7) is 4.29. The first-order valence-corrected chi connectivity index (χ1v) is 9.04. The zero-order chi connectivity index (χ0) is 19.5. The average molecular weight is 371 g/mol. The molecule has 0 aliphatic rings. The number of nitrogens with one attached hydrogen (secondary N) is 1. The quantitative estimate of drug-likeness (QED) is 0.513. The lowest BCUT2D eigenvalue weighted by molar-refractivity contribution is -0.134. The first-order valence-electron chi connectivity index (χ1n) is 9.04. The Hall–Kier alpha value is -3.02. The van der Waals surface area contributed by atoms with Crippen molar-refractivity contribution < 1.29 is 23.8 Å². The standard InChI is InChI=1S/C21H25NO5/c1-3-20(24)27-21-17(25-4-2)11-8-12-18(21)26-15-19(23)22-14-13-16-9-6-5-7-10-16/h5-12H,3-4,13-15H2,1-2H3,(H,22,23). The Kier molecular flexibility index (Phi) is 8.16. The molecule has 27 heavy (non-hydrogen) atoms. The van der Waals surface area contributed by atoms with E-state index in [0.29, 0.717) is 24.7 Å². The lowest BCUT2D eigenvalue weighted by atomic mass is 10.1. The molecule has 1 amide bonds. The molecule has 0 radical (unpaired) electrons. The summed E-state index contributed by atoms with van der Waals surface area (Å²) in [5.74, 6) is 0.241. The summed E-state index contributed by atoms with van der Waals surface area (Å²) in [4.78, 5) is 23.7. The van der Waals surface area contributed by atoms with E-state index in [1.807, 2.05) is 37.3 Å². The highest BCUT2D eigenvalue weighted by Gasteiger charge is 2.16. The van der Waals surface area contributed by atoms with Crippen LogP contribution in [0.25, 0.3) is 0 Å². The van der Waals surface area contributed by atoms with Crippen LogP contribution in [-0.2, 0) is 16.0 Å². The second-order valence-corrected chi connectivity index (χ2v) is 5.72. The van der Waals surface area contributed by atoms with Gasteiger partial charge < -0.3 is 19.5 Å². The van der Waals surface area contributed by atoms with E-state index >= 15 is 0 Å². The molecule has 0 unspecified atom stereocenters. The van der Waals surface area contributed by atoms with Gasteiger partial charge in [-0.2, -0.15) is 0 Å².